The van der Waals surface area contributed by atoms with E-state index in [1.807, 2.05) is 6.08 Å². The molecule has 0 spiro atoms. The van der Waals surface area contributed by atoms with Crippen molar-refractivity contribution in [3.05, 3.63) is 24.3 Å². The Hall–Kier alpha value is -1.62. The molecule has 4 rings (SSSR count). The van der Waals surface area contributed by atoms with Gasteiger partial charge in [-0.05, 0) is 55.8 Å². The molecule has 4 bridgehead atoms. The molecule has 2 fully saturated rings. The predicted octanol–water partition coefficient (Wildman–Crippen LogP) is 2.32. The molecule has 0 aromatic heterocycles. The molecule has 5 heteroatoms. The molecule has 0 amide bonds. The third kappa shape index (κ3) is 2.82. The molecule has 4 aliphatic rings. The van der Waals surface area contributed by atoms with Crippen molar-refractivity contribution >= 4 is 11.9 Å². The molecule has 0 aliphatic heterocycles. The number of allylic oxidation sites excluding steroid dienone is 4. The van der Waals surface area contributed by atoms with Crippen LogP contribution in [0.1, 0.15) is 32.1 Å². The maximum absolute atomic E-state index is 11.2. The molecule has 2 saturated carbocycles. The van der Waals surface area contributed by atoms with E-state index < -0.39 is 17.4 Å². The first-order chi connectivity index (χ1) is 11.0. The summed E-state index contributed by atoms with van der Waals surface area (Å²) in [6, 6.07) is 0. The highest BCUT2D eigenvalue weighted by atomic mass is 16.4. The van der Waals surface area contributed by atoms with E-state index >= 15 is 0 Å². The lowest BCUT2D eigenvalue weighted by Crippen LogP contribution is -2.36. The summed E-state index contributed by atoms with van der Waals surface area (Å²) in [5.74, 6) is 0.0913. The highest BCUT2D eigenvalue weighted by molar-refractivity contribution is 5.76. The highest BCUT2D eigenvalue weighted by Gasteiger charge is 2.53. The maximum Gasteiger partial charge on any atom is 0.310 e. The van der Waals surface area contributed by atoms with Gasteiger partial charge in [0.2, 0.25) is 0 Å². The van der Waals surface area contributed by atoms with E-state index in [0.717, 1.165) is 19.3 Å². The minimum atomic E-state index is -0.738. The molecular weight excluding hydrogens is 296 g/mol. The number of aliphatic carboxylic acids is 2. The third-order valence-corrected chi connectivity index (χ3v) is 6.09. The molecule has 126 valence electrons. The van der Waals surface area contributed by atoms with E-state index in [-0.39, 0.29) is 18.4 Å². The average Bonchev–Trinajstić information content (AvgIpc) is 3.28. The molecule has 3 N–H and O–H groups in total. The average molecular weight is 320 g/mol. The monoisotopic (exact) mass is 320 g/mol. The molecule has 4 aliphatic carbocycles. The van der Waals surface area contributed by atoms with Gasteiger partial charge in [0.1, 0.15) is 0 Å². The van der Waals surface area contributed by atoms with Crippen LogP contribution < -0.4 is 0 Å². The summed E-state index contributed by atoms with van der Waals surface area (Å²) in [6.07, 6.45) is 12.4. The lowest BCUT2D eigenvalue weighted by Gasteiger charge is -2.30. The number of hydrogen-bond acceptors (Lipinski definition) is 3. The van der Waals surface area contributed by atoms with E-state index in [2.05, 4.69) is 18.2 Å². The number of aliphatic hydroxyl groups is 1. The van der Waals surface area contributed by atoms with Gasteiger partial charge in [0.05, 0.1) is 11.3 Å². The van der Waals surface area contributed by atoms with Crippen molar-refractivity contribution in [1.82, 2.24) is 0 Å². The first kappa shape index (κ1) is 16.2. The zero-order valence-electron chi connectivity index (χ0n) is 13.1. The quantitative estimate of drug-likeness (QED) is 0.691. The molecule has 0 saturated heterocycles. The predicted molar refractivity (Wildman–Crippen MR) is 83.6 cm³/mol. The number of carbonyl (C=O) groups is 2. The van der Waals surface area contributed by atoms with Gasteiger partial charge in [-0.1, -0.05) is 24.3 Å². The number of rotatable bonds is 4. The van der Waals surface area contributed by atoms with Crippen molar-refractivity contribution in [2.75, 3.05) is 6.61 Å². The molecule has 23 heavy (non-hydrogen) atoms. The largest absolute Gasteiger partial charge is 0.481 e. The van der Waals surface area contributed by atoms with Crippen molar-refractivity contribution in [2.45, 2.75) is 32.1 Å². The Bertz CT molecular complexity index is 552. The molecule has 0 aromatic rings. The van der Waals surface area contributed by atoms with Gasteiger partial charge < -0.3 is 15.3 Å². The normalized spacial score (nSPS) is 41.9. The lowest BCUT2D eigenvalue weighted by molar-refractivity contribution is -0.151. The fourth-order valence-corrected chi connectivity index (χ4v) is 4.86. The van der Waals surface area contributed by atoms with Crippen LogP contribution in [0.4, 0.5) is 0 Å². The van der Waals surface area contributed by atoms with Crippen LogP contribution in [0.15, 0.2) is 24.3 Å². The van der Waals surface area contributed by atoms with Gasteiger partial charge >= 0.3 is 11.9 Å². The third-order valence-electron chi connectivity index (χ3n) is 6.09. The second-order valence-electron chi connectivity index (χ2n) is 7.35. The topological polar surface area (TPSA) is 94.8 Å². The Morgan fingerprint density at radius 2 is 1.74 bits per heavy atom. The summed E-state index contributed by atoms with van der Waals surface area (Å²) in [6.45, 7) is -0.0244. The van der Waals surface area contributed by atoms with Gasteiger partial charge in [-0.2, -0.15) is 0 Å². The Morgan fingerprint density at radius 3 is 2.09 bits per heavy atom. The Balaban J connectivity index is 0.000000140. The van der Waals surface area contributed by atoms with Gasteiger partial charge in [-0.3, -0.25) is 9.59 Å². The number of carboxylic acid groups (broad SMARTS) is 2. The van der Waals surface area contributed by atoms with Crippen molar-refractivity contribution in [3.8, 4) is 0 Å². The Labute approximate surface area is 135 Å². The van der Waals surface area contributed by atoms with E-state index in [4.69, 9.17) is 10.2 Å². The second kappa shape index (κ2) is 6.11. The summed E-state index contributed by atoms with van der Waals surface area (Å²) in [4.78, 5) is 21.7. The fourth-order valence-electron chi connectivity index (χ4n) is 4.86. The second-order valence-corrected chi connectivity index (χ2v) is 7.35. The van der Waals surface area contributed by atoms with Crippen LogP contribution in [0, 0.1) is 35.0 Å². The first-order valence-corrected chi connectivity index (χ1v) is 8.40. The molecular formula is C18H24O5. The Morgan fingerprint density at radius 1 is 1.00 bits per heavy atom. The SMILES string of the molecule is O=C(O)C1(CCO)CC2C=CC1C2.O=C(O)C1CC2C=CC1C2. The zero-order valence-corrected chi connectivity index (χ0v) is 13.1. The molecule has 0 radical (unpaired) electrons. The summed E-state index contributed by atoms with van der Waals surface area (Å²) >= 11 is 0. The first-order valence-electron chi connectivity index (χ1n) is 8.40. The van der Waals surface area contributed by atoms with E-state index in [0.29, 0.717) is 30.6 Å². The van der Waals surface area contributed by atoms with Crippen LogP contribution >= 0.6 is 0 Å². The molecule has 6 atom stereocenters. The number of carboxylic acids is 2. The van der Waals surface area contributed by atoms with Crippen LogP contribution in [0.5, 0.6) is 0 Å². The van der Waals surface area contributed by atoms with Gasteiger partial charge in [-0.25, -0.2) is 0 Å². The maximum atomic E-state index is 11.2. The van der Waals surface area contributed by atoms with Crippen molar-refractivity contribution in [1.29, 1.82) is 0 Å². The van der Waals surface area contributed by atoms with Crippen molar-refractivity contribution in [3.63, 3.8) is 0 Å². The molecule has 0 aromatic carbocycles. The van der Waals surface area contributed by atoms with Crippen molar-refractivity contribution < 1.29 is 24.9 Å². The summed E-state index contributed by atoms with van der Waals surface area (Å²) in [5, 5.41) is 26.8. The summed E-state index contributed by atoms with van der Waals surface area (Å²) in [5.41, 5.74) is -0.659. The standard InChI is InChI=1S/C10H14O3.C8H10O2/c11-4-3-10(9(12)13)6-7-1-2-8(10)5-7;9-8(10)7-4-5-1-2-6(7)3-5/h1-2,7-8,11H,3-6H2,(H,12,13);1-2,5-7H,3-4H2,(H,9,10). The van der Waals surface area contributed by atoms with E-state index in [9.17, 15) is 14.7 Å². The van der Waals surface area contributed by atoms with Gasteiger partial charge in [-0.15, -0.1) is 0 Å². The highest BCUT2D eigenvalue weighted by Crippen LogP contribution is 2.54. The van der Waals surface area contributed by atoms with E-state index in [1.54, 1.807) is 0 Å². The van der Waals surface area contributed by atoms with Crippen LogP contribution in [0.25, 0.3) is 0 Å². The fraction of sp³-hybridized carbons (Fsp3) is 0.667. The minimum Gasteiger partial charge on any atom is -0.481 e. The number of hydrogen-bond donors (Lipinski definition) is 3. The van der Waals surface area contributed by atoms with Gasteiger partial charge in [0.15, 0.2) is 0 Å². The minimum absolute atomic E-state index is 0.0244. The van der Waals surface area contributed by atoms with Gasteiger partial charge in [0.25, 0.3) is 0 Å². The van der Waals surface area contributed by atoms with Crippen LogP contribution in [0.2, 0.25) is 0 Å². The Kier molecular flexibility index (Phi) is 4.32. The number of aliphatic hydroxyl groups excluding tert-OH is 1. The molecule has 0 heterocycles. The van der Waals surface area contributed by atoms with Crippen LogP contribution in [-0.2, 0) is 9.59 Å². The summed E-state index contributed by atoms with van der Waals surface area (Å²) in [7, 11) is 0. The smallest absolute Gasteiger partial charge is 0.310 e. The van der Waals surface area contributed by atoms with E-state index in [1.165, 1.54) is 0 Å². The zero-order chi connectivity index (χ0) is 16.6. The van der Waals surface area contributed by atoms with Crippen LogP contribution in [0.3, 0.4) is 0 Å². The van der Waals surface area contributed by atoms with Crippen molar-refractivity contribution in [2.24, 2.45) is 35.0 Å². The molecule has 5 nitrogen and oxygen atoms in total. The van der Waals surface area contributed by atoms with Crippen LogP contribution in [-0.4, -0.2) is 33.9 Å². The lowest BCUT2D eigenvalue weighted by atomic mass is 9.73. The molecule has 6 unspecified atom stereocenters. The number of fused-ring (bicyclic) bond motifs is 4. The van der Waals surface area contributed by atoms with Gasteiger partial charge in [0, 0.05) is 6.61 Å². The summed E-state index contributed by atoms with van der Waals surface area (Å²) < 4.78 is 0.